The smallest absolute Gasteiger partial charge is 0.243 e. The summed E-state index contributed by atoms with van der Waals surface area (Å²) in [5, 5.41) is 21.1. The predicted octanol–water partition coefficient (Wildman–Crippen LogP) is 6.03. The minimum atomic E-state index is -0.539. The standard InChI is InChI=1S/C40H48N4O6/c1-44(23-21-35-10-5-6-22-41-35)27-36-25-37(32-15-13-29(28-45)14-16-32)50-40(49-36)33-19-17-31(18-20-33)34-9-7-8-30(24-34)26-42-38(46)11-3-2-4-12-39(47)43-48/h5-10,13-20,22,24,36-37,40,45,48H,2-4,11-12,21,23,25-28H2,1H3,(H,42,46)(H,43,47)/t36-,37+,40+/m1/s1. The summed E-state index contributed by atoms with van der Waals surface area (Å²) in [6, 6.07) is 30.3. The molecule has 0 unspecified atom stereocenters. The lowest BCUT2D eigenvalue weighted by Crippen LogP contribution is -2.38. The van der Waals surface area contributed by atoms with Crippen molar-refractivity contribution in [1.82, 2.24) is 20.7 Å². The zero-order valence-electron chi connectivity index (χ0n) is 28.7. The Morgan fingerprint density at radius 3 is 2.32 bits per heavy atom. The number of hydrogen-bond donors (Lipinski definition) is 4. The maximum Gasteiger partial charge on any atom is 0.243 e. The van der Waals surface area contributed by atoms with Crippen molar-refractivity contribution in [3.8, 4) is 11.1 Å². The Morgan fingerprint density at radius 2 is 1.60 bits per heavy atom. The Morgan fingerprint density at radius 1 is 0.840 bits per heavy atom. The fourth-order valence-corrected chi connectivity index (χ4v) is 6.11. The van der Waals surface area contributed by atoms with E-state index in [0.717, 1.165) is 65.0 Å². The lowest BCUT2D eigenvalue weighted by molar-refractivity contribution is -0.252. The average Bonchev–Trinajstić information content (AvgIpc) is 3.16. The Bertz CT molecular complexity index is 1630. The number of carbonyl (C=O) groups is 2. The normalized spacial score (nSPS) is 17.4. The topological polar surface area (TPSA) is 133 Å². The van der Waals surface area contributed by atoms with Gasteiger partial charge in [-0.25, -0.2) is 5.48 Å². The molecule has 264 valence electrons. The first-order valence-electron chi connectivity index (χ1n) is 17.4. The van der Waals surface area contributed by atoms with Crippen LogP contribution in [-0.2, 0) is 38.6 Å². The van der Waals surface area contributed by atoms with Gasteiger partial charge in [-0.15, -0.1) is 0 Å². The molecule has 3 aromatic carbocycles. The van der Waals surface area contributed by atoms with Crippen molar-refractivity contribution in [2.75, 3.05) is 20.1 Å². The molecule has 1 aromatic heterocycles. The molecule has 0 saturated carbocycles. The van der Waals surface area contributed by atoms with Crippen LogP contribution in [0.3, 0.4) is 0 Å². The van der Waals surface area contributed by atoms with Gasteiger partial charge < -0.3 is 24.8 Å². The Balaban J connectivity index is 1.19. The fourth-order valence-electron chi connectivity index (χ4n) is 6.11. The van der Waals surface area contributed by atoms with E-state index in [1.165, 1.54) is 0 Å². The molecule has 50 heavy (non-hydrogen) atoms. The summed E-state index contributed by atoms with van der Waals surface area (Å²) >= 11 is 0. The van der Waals surface area contributed by atoms with Gasteiger partial charge in [-0.2, -0.15) is 0 Å². The summed E-state index contributed by atoms with van der Waals surface area (Å²) in [6.45, 7) is 2.05. The highest BCUT2D eigenvalue weighted by Crippen LogP contribution is 2.38. The number of carbonyl (C=O) groups excluding carboxylic acids is 2. The second-order valence-corrected chi connectivity index (χ2v) is 12.9. The number of benzene rings is 3. The molecule has 1 saturated heterocycles. The number of aromatic nitrogens is 1. The van der Waals surface area contributed by atoms with Gasteiger partial charge in [0.05, 0.1) is 18.8 Å². The quantitative estimate of drug-likeness (QED) is 0.0604. The number of amides is 2. The minimum Gasteiger partial charge on any atom is -0.392 e. The lowest BCUT2D eigenvalue weighted by Gasteiger charge is -2.38. The van der Waals surface area contributed by atoms with Gasteiger partial charge in [0.15, 0.2) is 6.29 Å². The maximum absolute atomic E-state index is 12.4. The zero-order chi connectivity index (χ0) is 35.1. The molecular formula is C40H48N4O6. The van der Waals surface area contributed by atoms with Gasteiger partial charge in [0.2, 0.25) is 11.8 Å². The summed E-state index contributed by atoms with van der Waals surface area (Å²) in [7, 11) is 2.11. The maximum atomic E-state index is 12.4. The van der Waals surface area contributed by atoms with Crippen molar-refractivity contribution >= 4 is 11.8 Å². The number of ether oxygens (including phenoxy) is 2. The van der Waals surface area contributed by atoms with Gasteiger partial charge in [0, 0.05) is 62.8 Å². The Kier molecular flexibility index (Phi) is 14.0. The van der Waals surface area contributed by atoms with Gasteiger partial charge in [-0.3, -0.25) is 19.8 Å². The molecule has 3 atom stereocenters. The molecular weight excluding hydrogens is 632 g/mol. The van der Waals surface area contributed by atoms with E-state index in [1.807, 2.05) is 54.7 Å². The van der Waals surface area contributed by atoms with E-state index < -0.39 is 12.2 Å². The molecule has 1 fully saturated rings. The molecule has 5 rings (SSSR count). The van der Waals surface area contributed by atoms with E-state index in [2.05, 4.69) is 64.7 Å². The van der Waals surface area contributed by atoms with Crippen LogP contribution < -0.4 is 10.8 Å². The van der Waals surface area contributed by atoms with E-state index in [9.17, 15) is 14.7 Å². The molecule has 2 heterocycles. The number of rotatable bonds is 17. The molecule has 10 heteroatoms. The molecule has 4 N–H and O–H groups in total. The first-order chi connectivity index (χ1) is 24.4. The molecule has 4 aromatic rings. The molecule has 2 amide bonds. The Labute approximate surface area is 294 Å². The first-order valence-corrected chi connectivity index (χ1v) is 17.4. The summed E-state index contributed by atoms with van der Waals surface area (Å²) in [5.41, 5.74) is 8.65. The highest BCUT2D eigenvalue weighted by molar-refractivity contribution is 5.76. The monoisotopic (exact) mass is 680 g/mol. The molecule has 0 aliphatic carbocycles. The number of pyridine rings is 1. The largest absolute Gasteiger partial charge is 0.392 e. The van der Waals surface area contributed by atoms with Crippen molar-refractivity contribution in [3.05, 3.63) is 125 Å². The highest BCUT2D eigenvalue weighted by Gasteiger charge is 2.32. The number of hydroxylamine groups is 1. The van der Waals surface area contributed by atoms with Crippen LogP contribution in [0.4, 0.5) is 0 Å². The zero-order valence-corrected chi connectivity index (χ0v) is 28.7. The van der Waals surface area contributed by atoms with Gasteiger partial charge in [-0.1, -0.05) is 79.2 Å². The van der Waals surface area contributed by atoms with Crippen LogP contribution in [0.1, 0.15) is 78.9 Å². The van der Waals surface area contributed by atoms with Crippen LogP contribution in [0, 0.1) is 0 Å². The number of aliphatic hydroxyl groups is 1. The van der Waals surface area contributed by atoms with Gasteiger partial charge in [0.1, 0.15) is 0 Å². The molecule has 1 aliphatic rings. The molecule has 1 aliphatic heterocycles. The second kappa shape index (κ2) is 19.1. The number of likely N-dealkylation sites (N-methyl/N-ethyl adjacent to an activating group) is 1. The predicted molar refractivity (Wildman–Crippen MR) is 191 cm³/mol. The van der Waals surface area contributed by atoms with Crippen molar-refractivity contribution in [3.63, 3.8) is 0 Å². The van der Waals surface area contributed by atoms with Crippen LogP contribution in [-0.4, -0.2) is 58.3 Å². The third-order valence-electron chi connectivity index (χ3n) is 8.97. The van der Waals surface area contributed by atoms with Gasteiger partial charge in [-0.05, 0) is 65.9 Å². The molecule has 10 nitrogen and oxygen atoms in total. The van der Waals surface area contributed by atoms with Gasteiger partial charge in [0.25, 0.3) is 0 Å². The highest BCUT2D eigenvalue weighted by atomic mass is 16.7. The number of unbranched alkanes of at least 4 members (excludes halogenated alkanes) is 2. The number of nitrogens with zero attached hydrogens (tertiary/aromatic N) is 2. The lowest BCUT2D eigenvalue weighted by atomic mass is 9.99. The van der Waals surface area contributed by atoms with Crippen molar-refractivity contribution < 1.29 is 29.4 Å². The van der Waals surface area contributed by atoms with E-state index in [1.54, 1.807) is 5.48 Å². The fraction of sp³-hybridized carbons (Fsp3) is 0.375. The molecule has 0 bridgehead atoms. The summed E-state index contributed by atoms with van der Waals surface area (Å²) in [4.78, 5) is 30.2. The number of nitrogens with one attached hydrogen (secondary N) is 2. The van der Waals surface area contributed by atoms with E-state index in [0.29, 0.717) is 32.2 Å². The second-order valence-electron chi connectivity index (χ2n) is 12.9. The van der Waals surface area contributed by atoms with Crippen LogP contribution >= 0.6 is 0 Å². The van der Waals surface area contributed by atoms with Crippen LogP contribution in [0.25, 0.3) is 11.1 Å². The number of aliphatic hydroxyl groups excluding tert-OH is 1. The third kappa shape index (κ3) is 11.3. The third-order valence-corrected chi connectivity index (χ3v) is 8.97. The van der Waals surface area contributed by atoms with Crippen LogP contribution in [0.15, 0.2) is 97.2 Å². The summed E-state index contributed by atoms with van der Waals surface area (Å²) in [5.74, 6) is -0.435. The number of hydrogen-bond acceptors (Lipinski definition) is 8. The molecule has 0 spiro atoms. The van der Waals surface area contributed by atoms with Crippen LogP contribution in [0.2, 0.25) is 0 Å². The van der Waals surface area contributed by atoms with Crippen LogP contribution in [0.5, 0.6) is 0 Å². The minimum absolute atomic E-state index is 0.00163. The van der Waals surface area contributed by atoms with E-state index in [-0.39, 0.29) is 31.1 Å². The molecule has 0 radical (unpaired) electrons. The van der Waals surface area contributed by atoms with Crippen molar-refractivity contribution in [1.29, 1.82) is 0 Å². The average molecular weight is 681 g/mol. The van der Waals surface area contributed by atoms with E-state index >= 15 is 0 Å². The van der Waals surface area contributed by atoms with Crippen molar-refractivity contribution in [2.24, 2.45) is 0 Å². The Hall–Kier alpha value is -4.45. The SMILES string of the molecule is CN(CCc1ccccn1)C[C@H]1C[C@@H](c2ccc(CO)cc2)O[C@@H](c2ccc(-c3cccc(CNC(=O)CCCCCC(=O)NO)c3)cc2)O1. The van der Waals surface area contributed by atoms with Gasteiger partial charge >= 0.3 is 0 Å². The summed E-state index contributed by atoms with van der Waals surface area (Å²) < 4.78 is 13.1. The van der Waals surface area contributed by atoms with Crippen molar-refractivity contribution in [2.45, 2.75) is 76.6 Å². The first kappa shape index (κ1) is 36.8. The summed E-state index contributed by atoms with van der Waals surface area (Å²) in [6.07, 6.45) is 5.36. The van der Waals surface area contributed by atoms with E-state index in [4.69, 9.17) is 14.7 Å².